The first-order valence-electron chi connectivity index (χ1n) is 8.70. The van der Waals surface area contributed by atoms with E-state index in [-0.39, 0.29) is 24.1 Å². The van der Waals surface area contributed by atoms with E-state index in [4.69, 9.17) is 10.5 Å². The molecule has 3 N–H and O–H groups in total. The van der Waals surface area contributed by atoms with Gasteiger partial charge in [0.15, 0.2) is 5.17 Å². The number of rotatable bonds is 5. The van der Waals surface area contributed by atoms with E-state index < -0.39 is 24.1 Å². The van der Waals surface area contributed by atoms with Crippen LogP contribution in [0.4, 0.5) is 14.5 Å². The minimum Gasteiger partial charge on any atom is -0.445 e. The molecule has 1 aromatic carbocycles. The van der Waals surface area contributed by atoms with Crippen LogP contribution in [0, 0.1) is 11.7 Å². The molecular weight excluding hydrogens is 404 g/mol. The summed E-state index contributed by atoms with van der Waals surface area (Å²) in [5, 5.41) is 3.04. The van der Waals surface area contributed by atoms with Gasteiger partial charge in [0.25, 0.3) is 5.91 Å². The van der Waals surface area contributed by atoms with E-state index in [0.717, 1.165) is 12.4 Å². The van der Waals surface area contributed by atoms with Gasteiger partial charge in [0.2, 0.25) is 12.7 Å². The van der Waals surface area contributed by atoms with Gasteiger partial charge in [-0.25, -0.2) is 23.7 Å². The lowest BCUT2D eigenvalue weighted by atomic mass is 9.81. The fourth-order valence-corrected chi connectivity index (χ4v) is 4.36. The molecule has 4 rings (SSSR count). The third-order valence-corrected chi connectivity index (χ3v) is 5.77. The third-order valence-electron chi connectivity index (χ3n) is 4.81. The van der Waals surface area contributed by atoms with Gasteiger partial charge in [0.05, 0.1) is 25.6 Å². The highest BCUT2D eigenvalue weighted by Crippen LogP contribution is 2.45. The lowest BCUT2D eigenvalue weighted by Gasteiger charge is -2.34. The molecular formula is C18H17F2N5O3S. The Kier molecular flexibility index (Phi) is 5.33. The number of amides is 1. The van der Waals surface area contributed by atoms with Gasteiger partial charge in [-0.2, -0.15) is 0 Å². The fraction of sp³-hybridized carbons (Fsp3) is 0.333. The summed E-state index contributed by atoms with van der Waals surface area (Å²) in [6, 6.07) is 4.25. The van der Waals surface area contributed by atoms with Gasteiger partial charge in [0, 0.05) is 22.9 Å². The Bertz CT molecular complexity index is 959. The van der Waals surface area contributed by atoms with Crippen LogP contribution < -0.4 is 15.8 Å². The molecule has 1 saturated heterocycles. The zero-order valence-electron chi connectivity index (χ0n) is 15.1. The molecule has 29 heavy (non-hydrogen) atoms. The van der Waals surface area contributed by atoms with Crippen molar-refractivity contribution < 1.29 is 23.0 Å². The number of aromatic nitrogens is 2. The normalized spacial score (nSPS) is 23.2. The number of aliphatic imine (C=N–C) groups is 1. The van der Waals surface area contributed by atoms with Crippen LogP contribution >= 0.6 is 11.8 Å². The zero-order valence-corrected chi connectivity index (χ0v) is 15.9. The molecule has 2 atom stereocenters. The highest BCUT2D eigenvalue weighted by Gasteiger charge is 2.49. The van der Waals surface area contributed by atoms with Gasteiger partial charge >= 0.3 is 0 Å². The number of carbonyl (C=O) groups is 1. The van der Waals surface area contributed by atoms with Crippen molar-refractivity contribution in [1.82, 2.24) is 9.97 Å². The Morgan fingerprint density at radius 3 is 3.03 bits per heavy atom. The molecule has 1 amide bonds. The minimum absolute atomic E-state index is 0.00125. The van der Waals surface area contributed by atoms with E-state index in [1.807, 2.05) is 0 Å². The summed E-state index contributed by atoms with van der Waals surface area (Å²) < 4.78 is 37.0. The number of benzene rings is 1. The number of ether oxygens (including phenoxy) is 2. The van der Waals surface area contributed by atoms with Crippen molar-refractivity contribution >= 4 is 28.5 Å². The predicted molar refractivity (Wildman–Crippen MR) is 103 cm³/mol. The maximum Gasteiger partial charge on any atom is 0.275 e. The summed E-state index contributed by atoms with van der Waals surface area (Å²) in [6.07, 6.45) is 2.30. The lowest BCUT2D eigenvalue weighted by Crippen LogP contribution is -2.40. The number of alkyl halides is 1. The Hall–Kier alpha value is -2.79. The van der Waals surface area contributed by atoms with Gasteiger partial charge in [0.1, 0.15) is 17.1 Å². The minimum atomic E-state index is -1.05. The highest BCUT2D eigenvalue weighted by atomic mass is 32.2. The van der Waals surface area contributed by atoms with Crippen molar-refractivity contribution in [3.63, 3.8) is 0 Å². The number of fused-ring (bicyclic) bond motifs is 1. The smallest absolute Gasteiger partial charge is 0.275 e. The number of carbonyl (C=O) groups excluding carboxylic acids is 1. The predicted octanol–water partition coefficient (Wildman–Crippen LogP) is 2.08. The van der Waals surface area contributed by atoms with E-state index in [1.54, 1.807) is 0 Å². The summed E-state index contributed by atoms with van der Waals surface area (Å²) in [7, 11) is 0. The Morgan fingerprint density at radius 2 is 2.28 bits per heavy atom. The topological polar surface area (TPSA) is 112 Å². The van der Waals surface area contributed by atoms with Crippen LogP contribution in [-0.4, -0.2) is 46.9 Å². The summed E-state index contributed by atoms with van der Waals surface area (Å²) in [6.45, 7) is -0.367. The second-order valence-corrected chi connectivity index (χ2v) is 7.58. The van der Waals surface area contributed by atoms with Crippen molar-refractivity contribution in [2.24, 2.45) is 16.6 Å². The molecule has 0 aliphatic carbocycles. The summed E-state index contributed by atoms with van der Waals surface area (Å²) in [5.74, 6) is -0.386. The summed E-state index contributed by atoms with van der Waals surface area (Å²) in [5.41, 5.74) is 5.68. The highest BCUT2D eigenvalue weighted by molar-refractivity contribution is 8.13. The Morgan fingerprint density at radius 1 is 1.41 bits per heavy atom. The molecule has 2 aliphatic rings. The SMILES string of the molecule is NC1=N[C@@]2(c3cc(NC(=O)c4cnc(OCF)cn4)ccc3F)COC[C@H]2CS1. The molecule has 11 heteroatoms. The third kappa shape index (κ3) is 3.75. The number of nitrogens with two attached hydrogens (primary N) is 1. The van der Waals surface area contributed by atoms with Crippen LogP contribution in [0.5, 0.6) is 5.88 Å². The second-order valence-electron chi connectivity index (χ2n) is 6.54. The molecule has 1 fully saturated rings. The van der Waals surface area contributed by atoms with Gasteiger partial charge < -0.3 is 20.5 Å². The monoisotopic (exact) mass is 421 g/mol. The van der Waals surface area contributed by atoms with Crippen molar-refractivity contribution in [2.75, 3.05) is 31.1 Å². The van der Waals surface area contributed by atoms with Crippen LogP contribution in [0.25, 0.3) is 0 Å². The molecule has 1 aromatic heterocycles. The molecule has 0 radical (unpaired) electrons. The molecule has 0 saturated carbocycles. The van der Waals surface area contributed by atoms with Gasteiger partial charge in [-0.15, -0.1) is 0 Å². The number of amidine groups is 1. The first-order chi connectivity index (χ1) is 14.0. The molecule has 3 heterocycles. The van der Waals surface area contributed by atoms with Crippen molar-refractivity contribution in [3.8, 4) is 5.88 Å². The van der Waals surface area contributed by atoms with Crippen molar-refractivity contribution in [2.45, 2.75) is 5.54 Å². The van der Waals surface area contributed by atoms with Crippen molar-refractivity contribution in [3.05, 3.63) is 47.7 Å². The number of thioether (sulfide) groups is 1. The zero-order chi connectivity index (χ0) is 20.4. The van der Waals surface area contributed by atoms with E-state index in [1.165, 1.54) is 30.0 Å². The molecule has 0 bridgehead atoms. The number of halogens is 2. The van der Waals surface area contributed by atoms with E-state index in [2.05, 4.69) is 25.0 Å². The number of hydrogen-bond donors (Lipinski definition) is 2. The number of nitrogens with one attached hydrogen (secondary N) is 1. The maximum atomic E-state index is 14.7. The first-order valence-corrected chi connectivity index (χ1v) is 9.68. The maximum absolute atomic E-state index is 14.7. The molecule has 2 aromatic rings. The molecule has 2 aliphatic heterocycles. The van der Waals surface area contributed by atoms with Crippen LogP contribution in [0.15, 0.2) is 35.6 Å². The first kappa shape index (κ1) is 19.5. The second kappa shape index (κ2) is 7.91. The summed E-state index contributed by atoms with van der Waals surface area (Å²) in [4.78, 5) is 24.6. The quantitative estimate of drug-likeness (QED) is 0.760. The standard InChI is InChI=1S/C18H17F2N5O3S/c19-9-28-15-5-22-14(4-23-15)16(26)24-11-1-2-13(20)12(3-11)18-8-27-6-10(18)7-29-17(21)25-18/h1-5,10H,6-9H2,(H2,21,25)(H,24,26)/t10-,18-/m0/s1. The average molecular weight is 421 g/mol. The van der Waals surface area contributed by atoms with E-state index in [9.17, 15) is 13.6 Å². The Labute approximate surface area is 168 Å². The number of nitrogens with zero attached hydrogens (tertiary/aromatic N) is 3. The van der Waals surface area contributed by atoms with Crippen LogP contribution in [-0.2, 0) is 10.3 Å². The van der Waals surface area contributed by atoms with Crippen LogP contribution in [0.2, 0.25) is 0 Å². The van der Waals surface area contributed by atoms with Gasteiger partial charge in [-0.05, 0) is 18.2 Å². The van der Waals surface area contributed by atoms with E-state index >= 15 is 0 Å². The van der Waals surface area contributed by atoms with E-state index in [0.29, 0.717) is 28.8 Å². The van der Waals surface area contributed by atoms with Gasteiger partial charge in [-0.3, -0.25) is 4.79 Å². The molecule has 0 unspecified atom stereocenters. The largest absolute Gasteiger partial charge is 0.445 e. The summed E-state index contributed by atoms with van der Waals surface area (Å²) >= 11 is 1.42. The fourth-order valence-electron chi connectivity index (χ4n) is 3.39. The number of anilines is 1. The van der Waals surface area contributed by atoms with Crippen LogP contribution in [0.3, 0.4) is 0 Å². The average Bonchev–Trinajstić information content (AvgIpc) is 3.14. The van der Waals surface area contributed by atoms with Crippen LogP contribution in [0.1, 0.15) is 16.1 Å². The molecule has 152 valence electrons. The number of hydrogen-bond acceptors (Lipinski definition) is 8. The molecule has 0 spiro atoms. The van der Waals surface area contributed by atoms with Crippen molar-refractivity contribution in [1.29, 1.82) is 0 Å². The lowest BCUT2D eigenvalue weighted by molar-refractivity contribution is 0.102. The Balaban J connectivity index is 1.60. The molecule has 8 nitrogen and oxygen atoms in total. The van der Waals surface area contributed by atoms with Gasteiger partial charge in [-0.1, -0.05) is 11.8 Å².